The van der Waals surface area contributed by atoms with Crippen LogP contribution >= 0.6 is 0 Å². The van der Waals surface area contributed by atoms with E-state index in [1.54, 1.807) is 41.6 Å². The largest absolute Gasteiger partial charge is 0.493 e. The fraction of sp³-hybridized carbons (Fsp3) is 0.333. The van der Waals surface area contributed by atoms with Crippen LogP contribution in [0, 0.1) is 0 Å². The van der Waals surface area contributed by atoms with Gasteiger partial charge in [-0.05, 0) is 23.8 Å². The molecule has 2 aromatic rings. The highest BCUT2D eigenvalue weighted by molar-refractivity contribution is 5.76. The zero-order valence-electron chi connectivity index (χ0n) is 14.5. The van der Waals surface area contributed by atoms with E-state index in [4.69, 9.17) is 28.4 Å². The van der Waals surface area contributed by atoms with Gasteiger partial charge in [0.25, 0.3) is 0 Å². The van der Waals surface area contributed by atoms with Crippen LogP contribution in [-0.4, -0.2) is 42.3 Å². The van der Waals surface area contributed by atoms with Gasteiger partial charge >= 0.3 is 0 Å². The molecule has 0 saturated carbocycles. The Balaban J connectivity index is 2.57. The monoisotopic (exact) mass is 334 g/mol. The molecule has 0 spiro atoms. The Morgan fingerprint density at radius 2 is 1.21 bits per heavy atom. The molecule has 0 bridgehead atoms. The topological polar surface area (TPSA) is 55.4 Å². The lowest BCUT2D eigenvalue weighted by Gasteiger charge is -2.16. The second kappa shape index (κ2) is 8.31. The van der Waals surface area contributed by atoms with E-state index in [0.717, 1.165) is 11.1 Å². The van der Waals surface area contributed by atoms with Gasteiger partial charge in [0, 0.05) is 18.7 Å². The summed E-state index contributed by atoms with van der Waals surface area (Å²) in [6.45, 7) is 0.121. The third-order valence-corrected chi connectivity index (χ3v) is 3.51. The van der Waals surface area contributed by atoms with E-state index in [9.17, 15) is 0 Å². The molecule has 0 fully saturated rings. The highest BCUT2D eigenvalue weighted by Gasteiger charge is 2.16. The van der Waals surface area contributed by atoms with Gasteiger partial charge in [0.1, 0.15) is 5.75 Å². The van der Waals surface area contributed by atoms with Gasteiger partial charge < -0.3 is 28.4 Å². The summed E-state index contributed by atoms with van der Waals surface area (Å²) in [6, 6.07) is 9.25. The molecule has 0 unspecified atom stereocenters. The van der Waals surface area contributed by atoms with E-state index in [1.807, 2.05) is 24.3 Å². The van der Waals surface area contributed by atoms with Gasteiger partial charge in [-0.2, -0.15) is 0 Å². The van der Waals surface area contributed by atoms with Gasteiger partial charge in [-0.15, -0.1) is 0 Å². The minimum absolute atomic E-state index is 0.121. The first kappa shape index (κ1) is 17.7. The quantitative estimate of drug-likeness (QED) is 0.690. The summed E-state index contributed by atoms with van der Waals surface area (Å²) < 4.78 is 32.1. The molecule has 24 heavy (non-hydrogen) atoms. The smallest absolute Gasteiger partial charge is 0.188 e. The van der Waals surface area contributed by atoms with Gasteiger partial charge in [-0.25, -0.2) is 0 Å². The maximum Gasteiger partial charge on any atom is 0.188 e. The fourth-order valence-corrected chi connectivity index (χ4v) is 2.33. The fourth-order valence-electron chi connectivity index (χ4n) is 2.33. The molecule has 0 aliphatic rings. The van der Waals surface area contributed by atoms with Crippen LogP contribution < -0.4 is 23.7 Å². The summed E-state index contributed by atoms with van der Waals surface area (Å²) in [7, 11) is 7.93. The number of hydrogen-bond acceptors (Lipinski definition) is 6. The molecule has 0 saturated heterocycles. The Kier molecular flexibility index (Phi) is 6.14. The van der Waals surface area contributed by atoms with Crippen molar-refractivity contribution in [2.24, 2.45) is 0 Å². The number of ether oxygens (including phenoxy) is 6. The second-order valence-electron chi connectivity index (χ2n) is 4.82. The lowest BCUT2D eigenvalue weighted by molar-refractivity contribution is 0.0513. The first-order chi connectivity index (χ1) is 11.7. The van der Waals surface area contributed by atoms with Gasteiger partial charge in [0.15, 0.2) is 29.8 Å². The summed E-state index contributed by atoms with van der Waals surface area (Å²) in [5, 5.41) is 0. The molecule has 0 aliphatic heterocycles. The Bertz CT molecular complexity index is 683. The van der Waals surface area contributed by atoms with Crippen LogP contribution in [0.2, 0.25) is 0 Å². The Morgan fingerprint density at radius 1 is 0.625 bits per heavy atom. The van der Waals surface area contributed by atoms with E-state index < -0.39 is 0 Å². The maximum atomic E-state index is 5.68. The summed E-state index contributed by atoms with van der Waals surface area (Å²) in [5.41, 5.74) is 1.71. The van der Waals surface area contributed by atoms with Gasteiger partial charge in [-0.1, -0.05) is 6.07 Å². The number of methoxy groups -OCH3 is 5. The average Bonchev–Trinajstić information content (AvgIpc) is 2.64. The second-order valence-corrected chi connectivity index (χ2v) is 4.82. The van der Waals surface area contributed by atoms with Crippen LogP contribution in [0.3, 0.4) is 0 Å². The van der Waals surface area contributed by atoms with E-state index in [1.165, 1.54) is 0 Å². The number of rotatable bonds is 8. The van der Waals surface area contributed by atoms with E-state index >= 15 is 0 Å². The highest BCUT2D eigenvalue weighted by atomic mass is 16.7. The van der Waals surface area contributed by atoms with Crippen LogP contribution in [0.4, 0.5) is 0 Å². The Morgan fingerprint density at radius 3 is 1.79 bits per heavy atom. The Labute approximate surface area is 141 Å². The molecule has 0 heterocycles. The summed E-state index contributed by atoms with van der Waals surface area (Å²) >= 11 is 0. The summed E-state index contributed by atoms with van der Waals surface area (Å²) in [6.07, 6.45) is 0. The van der Waals surface area contributed by atoms with Crippen molar-refractivity contribution in [1.29, 1.82) is 0 Å². The van der Waals surface area contributed by atoms with Crippen molar-refractivity contribution < 1.29 is 28.4 Å². The first-order valence-electron chi connectivity index (χ1n) is 7.28. The van der Waals surface area contributed by atoms with Crippen molar-refractivity contribution >= 4 is 0 Å². The Hall–Kier alpha value is -2.60. The van der Waals surface area contributed by atoms with E-state index in [-0.39, 0.29) is 6.79 Å². The number of benzene rings is 2. The van der Waals surface area contributed by atoms with Crippen LogP contribution in [0.1, 0.15) is 0 Å². The highest BCUT2D eigenvalue weighted by Crippen LogP contribution is 2.42. The molecule has 6 heteroatoms. The van der Waals surface area contributed by atoms with Crippen LogP contribution in [0.25, 0.3) is 11.1 Å². The summed E-state index contributed by atoms with van der Waals surface area (Å²) in [5.74, 6) is 3.07. The van der Waals surface area contributed by atoms with Crippen molar-refractivity contribution in [3.63, 3.8) is 0 Å². The van der Waals surface area contributed by atoms with Crippen LogP contribution in [0.5, 0.6) is 28.7 Å². The molecule has 0 aliphatic carbocycles. The predicted molar refractivity (Wildman–Crippen MR) is 90.6 cm³/mol. The van der Waals surface area contributed by atoms with E-state index in [0.29, 0.717) is 28.7 Å². The van der Waals surface area contributed by atoms with Crippen molar-refractivity contribution in [3.05, 3.63) is 30.3 Å². The third kappa shape index (κ3) is 3.65. The average molecular weight is 334 g/mol. The molecule has 0 aromatic heterocycles. The maximum absolute atomic E-state index is 5.68. The van der Waals surface area contributed by atoms with Crippen molar-refractivity contribution in [3.8, 4) is 39.9 Å². The van der Waals surface area contributed by atoms with Gasteiger partial charge in [0.2, 0.25) is 0 Å². The third-order valence-electron chi connectivity index (χ3n) is 3.51. The lowest BCUT2D eigenvalue weighted by Crippen LogP contribution is -2.02. The zero-order valence-corrected chi connectivity index (χ0v) is 14.5. The van der Waals surface area contributed by atoms with Crippen molar-refractivity contribution in [1.82, 2.24) is 0 Å². The molecule has 2 aromatic carbocycles. The molecule has 2 rings (SSSR count). The minimum atomic E-state index is 0.121. The van der Waals surface area contributed by atoms with Crippen molar-refractivity contribution in [2.75, 3.05) is 42.3 Å². The van der Waals surface area contributed by atoms with E-state index in [2.05, 4.69) is 0 Å². The normalized spacial score (nSPS) is 10.2. The zero-order chi connectivity index (χ0) is 17.5. The molecule has 0 N–H and O–H groups in total. The number of hydrogen-bond donors (Lipinski definition) is 0. The van der Waals surface area contributed by atoms with Gasteiger partial charge in [-0.3, -0.25) is 0 Å². The standard InChI is InChI=1S/C18H22O6/c1-19-11-24-15-10-18(23-5)17(22-4)9-13(15)12-6-7-14(20-2)16(8-12)21-3/h6-10H,11H2,1-5H3. The lowest BCUT2D eigenvalue weighted by atomic mass is 10.0. The molecular weight excluding hydrogens is 312 g/mol. The van der Waals surface area contributed by atoms with Gasteiger partial charge in [0.05, 0.1) is 28.4 Å². The SMILES string of the molecule is COCOc1cc(OC)c(OC)cc1-c1ccc(OC)c(OC)c1. The predicted octanol–water partition coefficient (Wildman–Crippen LogP) is 3.37. The molecule has 0 radical (unpaired) electrons. The molecule has 130 valence electrons. The minimum Gasteiger partial charge on any atom is -0.493 e. The molecule has 0 amide bonds. The molecule has 6 nitrogen and oxygen atoms in total. The molecule has 0 atom stereocenters. The first-order valence-corrected chi connectivity index (χ1v) is 7.28. The summed E-state index contributed by atoms with van der Waals surface area (Å²) in [4.78, 5) is 0. The van der Waals surface area contributed by atoms with Crippen molar-refractivity contribution in [2.45, 2.75) is 0 Å². The van der Waals surface area contributed by atoms with Crippen LogP contribution in [-0.2, 0) is 4.74 Å². The van der Waals surface area contributed by atoms with Crippen LogP contribution in [0.15, 0.2) is 30.3 Å². The molecular formula is C18H22O6.